The van der Waals surface area contributed by atoms with E-state index in [1.165, 1.54) is 12.1 Å². The zero-order valence-electron chi connectivity index (χ0n) is 13.0. The minimum atomic E-state index is -0.274. The summed E-state index contributed by atoms with van der Waals surface area (Å²) >= 11 is 0. The molecule has 0 aromatic heterocycles. The van der Waals surface area contributed by atoms with Gasteiger partial charge in [-0.2, -0.15) is 0 Å². The average Bonchev–Trinajstić information content (AvgIpc) is 3.26. The minimum Gasteiger partial charge on any atom is -0.370 e. The third-order valence-corrected chi connectivity index (χ3v) is 4.77. The van der Waals surface area contributed by atoms with E-state index in [1.54, 1.807) is 11.0 Å². The number of nitrogens with two attached hydrogens (primary N) is 1. The van der Waals surface area contributed by atoms with E-state index in [4.69, 9.17) is 5.73 Å². The number of benzene rings is 1. The van der Waals surface area contributed by atoms with Crippen LogP contribution in [0.25, 0.3) is 0 Å². The first-order valence-electron chi connectivity index (χ1n) is 8.12. The number of nitrogens with zero attached hydrogens (tertiary/aromatic N) is 1. The zero-order chi connectivity index (χ0) is 16.4. The first-order valence-corrected chi connectivity index (χ1v) is 8.12. The quantitative estimate of drug-likeness (QED) is 0.890. The second-order valence-corrected chi connectivity index (χ2v) is 6.55. The average molecular weight is 319 g/mol. The number of hydrogen-bond donors (Lipinski definition) is 2. The summed E-state index contributed by atoms with van der Waals surface area (Å²) in [5.74, 6) is -0.0145. The summed E-state index contributed by atoms with van der Waals surface area (Å²) in [6.45, 7) is 1.31. The number of carbonyl (C=O) groups excluding carboxylic acids is 2. The number of rotatable bonds is 4. The van der Waals surface area contributed by atoms with Gasteiger partial charge in [0.25, 0.3) is 0 Å². The number of carbonyl (C=O) groups is 2. The van der Waals surface area contributed by atoms with Crippen molar-refractivity contribution in [2.45, 2.75) is 37.6 Å². The van der Waals surface area contributed by atoms with Crippen LogP contribution >= 0.6 is 0 Å². The van der Waals surface area contributed by atoms with Gasteiger partial charge in [-0.15, -0.1) is 0 Å². The lowest BCUT2D eigenvalue weighted by Gasteiger charge is -2.31. The number of primary amides is 1. The summed E-state index contributed by atoms with van der Waals surface area (Å²) in [6.07, 6.45) is 2.88. The maximum atomic E-state index is 13.2. The Kier molecular flexibility index (Phi) is 4.50. The Morgan fingerprint density at radius 3 is 2.70 bits per heavy atom. The number of nitrogens with one attached hydrogen (secondary N) is 1. The van der Waals surface area contributed by atoms with Gasteiger partial charge in [0.1, 0.15) is 5.82 Å². The third kappa shape index (κ3) is 4.00. The van der Waals surface area contributed by atoms with Crippen molar-refractivity contribution in [1.29, 1.82) is 0 Å². The van der Waals surface area contributed by atoms with E-state index in [-0.39, 0.29) is 35.6 Å². The first-order chi connectivity index (χ1) is 11.0. The molecule has 2 fully saturated rings. The summed E-state index contributed by atoms with van der Waals surface area (Å²) in [4.78, 5) is 25.0. The van der Waals surface area contributed by atoms with E-state index in [0.29, 0.717) is 19.5 Å². The van der Waals surface area contributed by atoms with Crippen LogP contribution in [-0.2, 0) is 4.79 Å². The van der Waals surface area contributed by atoms with Crippen LogP contribution in [-0.4, -0.2) is 36.0 Å². The van der Waals surface area contributed by atoms with Crippen LogP contribution in [0.5, 0.6) is 0 Å². The molecule has 2 unspecified atom stereocenters. The molecule has 1 aliphatic heterocycles. The molecule has 1 saturated carbocycles. The Hall–Kier alpha value is -2.11. The molecule has 2 aliphatic rings. The number of likely N-dealkylation sites (tertiary alicyclic amines) is 1. The molecule has 0 spiro atoms. The van der Waals surface area contributed by atoms with E-state index in [1.807, 2.05) is 6.07 Å². The smallest absolute Gasteiger partial charge is 0.317 e. The van der Waals surface area contributed by atoms with E-state index in [2.05, 4.69) is 5.32 Å². The molecule has 1 aromatic rings. The molecule has 3 amide bonds. The van der Waals surface area contributed by atoms with Gasteiger partial charge in [-0.3, -0.25) is 4.79 Å². The monoisotopic (exact) mass is 319 g/mol. The Labute approximate surface area is 135 Å². The Bertz CT molecular complexity index is 599. The SMILES string of the molecule is NC(=O)CC1CCN(C(=O)NC2CC2c2cccc(F)c2)CC1. The third-order valence-electron chi connectivity index (χ3n) is 4.77. The van der Waals surface area contributed by atoms with Crippen LogP contribution in [0.3, 0.4) is 0 Å². The van der Waals surface area contributed by atoms with Gasteiger partial charge in [-0.05, 0) is 42.9 Å². The highest BCUT2D eigenvalue weighted by Gasteiger charge is 2.40. The second kappa shape index (κ2) is 6.56. The Morgan fingerprint density at radius 1 is 1.30 bits per heavy atom. The van der Waals surface area contributed by atoms with Crippen molar-refractivity contribution in [3.8, 4) is 0 Å². The molecule has 3 rings (SSSR count). The van der Waals surface area contributed by atoms with Crippen LogP contribution in [0, 0.1) is 11.7 Å². The molecule has 0 bridgehead atoms. The fourth-order valence-electron chi connectivity index (χ4n) is 3.33. The van der Waals surface area contributed by atoms with Crippen molar-refractivity contribution in [3.05, 3.63) is 35.6 Å². The van der Waals surface area contributed by atoms with E-state index >= 15 is 0 Å². The lowest BCUT2D eigenvalue weighted by molar-refractivity contribution is -0.119. The van der Waals surface area contributed by atoms with Crippen LogP contribution in [0.2, 0.25) is 0 Å². The highest BCUT2D eigenvalue weighted by atomic mass is 19.1. The van der Waals surface area contributed by atoms with E-state index in [0.717, 1.165) is 24.8 Å². The molecule has 2 atom stereocenters. The molecule has 23 heavy (non-hydrogen) atoms. The van der Waals surface area contributed by atoms with Gasteiger partial charge in [0.05, 0.1) is 0 Å². The van der Waals surface area contributed by atoms with Crippen molar-refractivity contribution in [3.63, 3.8) is 0 Å². The summed E-state index contributed by atoms with van der Waals surface area (Å²) in [7, 11) is 0. The zero-order valence-corrected chi connectivity index (χ0v) is 13.0. The molecule has 124 valence electrons. The number of piperidine rings is 1. The molecule has 1 aromatic carbocycles. The van der Waals surface area contributed by atoms with Crippen LogP contribution in [0.1, 0.15) is 37.2 Å². The molecule has 1 saturated heterocycles. The maximum Gasteiger partial charge on any atom is 0.317 e. The van der Waals surface area contributed by atoms with Crippen LogP contribution in [0.15, 0.2) is 24.3 Å². The van der Waals surface area contributed by atoms with Gasteiger partial charge < -0.3 is 16.0 Å². The van der Waals surface area contributed by atoms with Gasteiger partial charge in [0, 0.05) is 31.5 Å². The normalized spacial score (nSPS) is 24.3. The molecule has 5 nitrogen and oxygen atoms in total. The maximum absolute atomic E-state index is 13.2. The highest BCUT2D eigenvalue weighted by molar-refractivity contribution is 5.76. The molecule has 1 heterocycles. The van der Waals surface area contributed by atoms with Crippen molar-refractivity contribution < 1.29 is 14.0 Å². The van der Waals surface area contributed by atoms with Gasteiger partial charge in [0.15, 0.2) is 0 Å². The number of halogens is 1. The predicted molar refractivity (Wildman–Crippen MR) is 84.2 cm³/mol. The molecule has 6 heteroatoms. The topological polar surface area (TPSA) is 75.4 Å². The fourth-order valence-corrected chi connectivity index (χ4v) is 3.33. The Morgan fingerprint density at radius 2 is 2.04 bits per heavy atom. The largest absolute Gasteiger partial charge is 0.370 e. The number of urea groups is 1. The number of amides is 3. The van der Waals surface area contributed by atoms with Crippen molar-refractivity contribution in [2.75, 3.05) is 13.1 Å². The van der Waals surface area contributed by atoms with Gasteiger partial charge in [0.2, 0.25) is 5.91 Å². The lowest BCUT2D eigenvalue weighted by atomic mass is 9.93. The summed E-state index contributed by atoms with van der Waals surface area (Å²) in [5.41, 5.74) is 6.15. The van der Waals surface area contributed by atoms with Crippen molar-refractivity contribution in [2.24, 2.45) is 11.7 Å². The molecular weight excluding hydrogens is 297 g/mol. The van der Waals surface area contributed by atoms with Crippen molar-refractivity contribution in [1.82, 2.24) is 10.2 Å². The van der Waals surface area contributed by atoms with Gasteiger partial charge >= 0.3 is 6.03 Å². The van der Waals surface area contributed by atoms with E-state index < -0.39 is 0 Å². The summed E-state index contributed by atoms with van der Waals surface area (Å²) in [5, 5.41) is 3.02. The van der Waals surface area contributed by atoms with E-state index in [9.17, 15) is 14.0 Å². The first kappa shape index (κ1) is 15.8. The van der Waals surface area contributed by atoms with Crippen LogP contribution < -0.4 is 11.1 Å². The minimum absolute atomic E-state index is 0.0635. The molecule has 1 aliphatic carbocycles. The lowest BCUT2D eigenvalue weighted by Crippen LogP contribution is -2.45. The fraction of sp³-hybridized carbons (Fsp3) is 0.529. The molecular formula is C17H22FN3O2. The van der Waals surface area contributed by atoms with Gasteiger partial charge in [-0.1, -0.05) is 12.1 Å². The van der Waals surface area contributed by atoms with Gasteiger partial charge in [-0.25, -0.2) is 9.18 Å². The Balaban J connectivity index is 1.45. The molecule has 0 radical (unpaired) electrons. The predicted octanol–water partition coefficient (Wildman–Crippen LogP) is 1.98. The van der Waals surface area contributed by atoms with Crippen LogP contribution in [0.4, 0.5) is 9.18 Å². The second-order valence-electron chi connectivity index (χ2n) is 6.55. The standard InChI is InChI=1S/C17H22FN3O2/c18-13-3-1-2-12(9-13)14-10-15(14)20-17(23)21-6-4-11(5-7-21)8-16(19)22/h1-3,9,11,14-15H,4-8,10H2,(H2,19,22)(H,20,23). The van der Waals surface area contributed by atoms with Crippen molar-refractivity contribution >= 4 is 11.9 Å². The summed E-state index contributed by atoms with van der Waals surface area (Å²) in [6, 6.07) is 6.58. The summed E-state index contributed by atoms with van der Waals surface area (Å²) < 4.78 is 13.2. The number of hydrogen-bond acceptors (Lipinski definition) is 2. The highest BCUT2D eigenvalue weighted by Crippen LogP contribution is 2.41. The molecule has 3 N–H and O–H groups in total.